The van der Waals surface area contributed by atoms with Crippen molar-refractivity contribution in [1.29, 1.82) is 0 Å². The summed E-state index contributed by atoms with van der Waals surface area (Å²) < 4.78 is 10.4. The fourth-order valence-electron chi connectivity index (χ4n) is 2.45. The number of fused-ring (bicyclic) bond motifs is 1. The Bertz CT molecular complexity index is 755. The fraction of sp³-hybridized carbons (Fsp3) is 0.375. The van der Waals surface area contributed by atoms with Crippen LogP contribution in [-0.4, -0.2) is 11.1 Å². The summed E-state index contributed by atoms with van der Waals surface area (Å²) in [6.07, 6.45) is 2.82. The van der Waals surface area contributed by atoms with Crippen LogP contribution in [0.15, 0.2) is 27.4 Å². The number of carbonyl (C=O) groups excluding carboxylic acids is 1. The van der Waals surface area contributed by atoms with Crippen molar-refractivity contribution >= 4 is 16.9 Å². The molecule has 1 saturated carbocycles. The first-order chi connectivity index (χ1) is 10.1. The van der Waals surface area contributed by atoms with Gasteiger partial charge in [-0.25, -0.2) is 4.79 Å². The second-order valence-corrected chi connectivity index (χ2v) is 5.41. The van der Waals surface area contributed by atoms with E-state index in [2.05, 4.69) is 0 Å². The minimum Gasteiger partial charge on any atom is -0.508 e. The van der Waals surface area contributed by atoms with E-state index in [1.54, 1.807) is 13.0 Å². The first-order valence-corrected chi connectivity index (χ1v) is 6.98. The lowest BCUT2D eigenvalue weighted by Crippen LogP contribution is -2.24. The average Bonchev–Trinajstić information content (AvgIpc) is 2.39. The molecular formula is C16H16O5. The van der Waals surface area contributed by atoms with Gasteiger partial charge in [-0.2, -0.15) is 0 Å². The highest BCUT2D eigenvalue weighted by atomic mass is 16.5. The first-order valence-electron chi connectivity index (χ1n) is 6.98. The topological polar surface area (TPSA) is 76.7 Å². The van der Waals surface area contributed by atoms with Gasteiger partial charge >= 0.3 is 11.6 Å². The molecule has 1 fully saturated rings. The Morgan fingerprint density at radius 3 is 2.86 bits per heavy atom. The molecule has 1 N–H and O–H groups in total. The molecule has 3 rings (SSSR count). The van der Waals surface area contributed by atoms with Crippen molar-refractivity contribution < 1.29 is 19.1 Å². The maximum Gasteiger partial charge on any atom is 0.336 e. The van der Waals surface area contributed by atoms with E-state index >= 15 is 0 Å². The normalized spacial score (nSPS) is 14.9. The summed E-state index contributed by atoms with van der Waals surface area (Å²) in [4.78, 5) is 23.4. The Morgan fingerprint density at radius 2 is 2.19 bits per heavy atom. The fourth-order valence-corrected chi connectivity index (χ4v) is 2.45. The molecule has 110 valence electrons. The molecule has 0 spiro atoms. The van der Waals surface area contributed by atoms with Crippen LogP contribution in [0.25, 0.3) is 11.0 Å². The lowest BCUT2D eigenvalue weighted by Gasteiger charge is -2.23. The number of ether oxygens (including phenoxy) is 1. The number of esters is 1. The Labute approximate surface area is 121 Å². The Morgan fingerprint density at radius 1 is 1.43 bits per heavy atom. The van der Waals surface area contributed by atoms with Crippen molar-refractivity contribution in [3.05, 3.63) is 39.7 Å². The molecule has 1 aromatic heterocycles. The van der Waals surface area contributed by atoms with Gasteiger partial charge in [0.05, 0.1) is 5.92 Å². The number of aromatic hydroxyl groups is 1. The van der Waals surface area contributed by atoms with Crippen LogP contribution in [0.4, 0.5) is 0 Å². The molecule has 1 heterocycles. The number of aryl methyl sites for hydroxylation is 1. The van der Waals surface area contributed by atoms with Crippen LogP contribution in [0.2, 0.25) is 0 Å². The zero-order chi connectivity index (χ0) is 15.0. The van der Waals surface area contributed by atoms with E-state index in [4.69, 9.17) is 9.15 Å². The van der Waals surface area contributed by atoms with E-state index in [0.29, 0.717) is 22.1 Å². The second-order valence-electron chi connectivity index (χ2n) is 5.41. The largest absolute Gasteiger partial charge is 0.508 e. The van der Waals surface area contributed by atoms with Crippen molar-refractivity contribution in [3.8, 4) is 5.75 Å². The van der Waals surface area contributed by atoms with Crippen LogP contribution in [0, 0.1) is 12.8 Å². The van der Waals surface area contributed by atoms with E-state index in [-0.39, 0.29) is 24.2 Å². The van der Waals surface area contributed by atoms with Gasteiger partial charge in [0.2, 0.25) is 0 Å². The van der Waals surface area contributed by atoms with Gasteiger partial charge in [0.1, 0.15) is 17.9 Å². The van der Waals surface area contributed by atoms with E-state index in [0.717, 1.165) is 19.3 Å². The van der Waals surface area contributed by atoms with Crippen molar-refractivity contribution in [2.45, 2.75) is 32.8 Å². The van der Waals surface area contributed by atoms with Gasteiger partial charge < -0.3 is 14.3 Å². The van der Waals surface area contributed by atoms with Crippen LogP contribution in [0.3, 0.4) is 0 Å². The molecular weight excluding hydrogens is 272 g/mol. The molecule has 5 heteroatoms. The number of carbonyl (C=O) groups is 1. The van der Waals surface area contributed by atoms with Gasteiger partial charge in [0, 0.05) is 22.6 Å². The SMILES string of the molecule is Cc1c(O)ccc2c(COC(=O)C3CCC3)cc(=O)oc12. The van der Waals surface area contributed by atoms with Gasteiger partial charge in [-0.3, -0.25) is 4.79 Å². The molecule has 0 bridgehead atoms. The van der Waals surface area contributed by atoms with Crippen LogP contribution < -0.4 is 5.63 Å². The summed E-state index contributed by atoms with van der Waals surface area (Å²) in [5.41, 5.74) is 0.900. The standard InChI is InChI=1S/C16H16O5/c1-9-13(17)6-5-12-11(7-14(18)21-15(9)12)8-20-16(19)10-3-2-4-10/h5-7,10,17H,2-4,8H2,1H3. The molecule has 21 heavy (non-hydrogen) atoms. The molecule has 5 nitrogen and oxygen atoms in total. The average molecular weight is 288 g/mol. The van der Waals surface area contributed by atoms with E-state index in [9.17, 15) is 14.7 Å². The van der Waals surface area contributed by atoms with Crippen LogP contribution in [0.5, 0.6) is 5.75 Å². The van der Waals surface area contributed by atoms with Gasteiger partial charge in [-0.05, 0) is 31.9 Å². The molecule has 0 radical (unpaired) electrons. The number of benzene rings is 1. The quantitative estimate of drug-likeness (QED) is 0.694. The first kappa shape index (κ1) is 13.7. The number of hydrogen-bond acceptors (Lipinski definition) is 5. The third kappa shape index (κ3) is 2.51. The third-order valence-corrected chi connectivity index (χ3v) is 4.03. The third-order valence-electron chi connectivity index (χ3n) is 4.03. The summed E-state index contributed by atoms with van der Waals surface area (Å²) in [5.74, 6) is -0.144. The van der Waals surface area contributed by atoms with Crippen molar-refractivity contribution in [2.75, 3.05) is 0 Å². The summed E-state index contributed by atoms with van der Waals surface area (Å²) >= 11 is 0. The molecule has 0 aliphatic heterocycles. The molecule has 1 aliphatic carbocycles. The molecule has 2 aromatic rings. The van der Waals surface area contributed by atoms with Crippen LogP contribution in [-0.2, 0) is 16.1 Å². The number of rotatable bonds is 3. The highest BCUT2D eigenvalue weighted by Crippen LogP contribution is 2.29. The van der Waals surface area contributed by atoms with Gasteiger partial charge in [-0.1, -0.05) is 6.42 Å². The van der Waals surface area contributed by atoms with E-state index in [1.165, 1.54) is 12.1 Å². The summed E-state index contributed by atoms with van der Waals surface area (Å²) in [5, 5.41) is 10.4. The van der Waals surface area contributed by atoms with Crippen LogP contribution >= 0.6 is 0 Å². The highest BCUT2D eigenvalue weighted by molar-refractivity contribution is 5.85. The molecule has 0 atom stereocenters. The monoisotopic (exact) mass is 288 g/mol. The molecule has 1 aliphatic rings. The minimum atomic E-state index is -0.522. The highest BCUT2D eigenvalue weighted by Gasteiger charge is 2.26. The van der Waals surface area contributed by atoms with Crippen molar-refractivity contribution in [1.82, 2.24) is 0 Å². The molecule has 0 amide bonds. The predicted molar refractivity (Wildman–Crippen MR) is 76.0 cm³/mol. The summed E-state index contributed by atoms with van der Waals surface area (Å²) in [6, 6.07) is 4.52. The zero-order valence-corrected chi connectivity index (χ0v) is 11.7. The minimum absolute atomic E-state index is 0.00201. The van der Waals surface area contributed by atoms with E-state index in [1.807, 2.05) is 0 Å². The molecule has 0 saturated heterocycles. The lowest BCUT2D eigenvalue weighted by atomic mass is 9.86. The molecule has 0 unspecified atom stereocenters. The van der Waals surface area contributed by atoms with Crippen molar-refractivity contribution in [2.24, 2.45) is 5.92 Å². The Balaban J connectivity index is 1.92. The summed E-state index contributed by atoms with van der Waals surface area (Å²) in [7, 11) is 0. The van der Waals surface area contributed by atoms with Crippen LogP contribution in [0.1, 0.15) is 30.4 Å². The predicted octanol–water partition coefficient (Wildman–Crippen LogP) is 2.65. The van der Waals surface area contributed by atoms with Gasteiger partial charge in [-0.15, -0.1) is 0 Å². The summed E-state index contributed by atoms with van der Waals surface area (Å²) in [6.45, 7) is 1.71. The lowest BCUT2D eigenvalue weighted by molar-refractivity contribution is -0.152. The van der Waals surface area contributed by atoms with Crippen molar-refractivity contribution in [3.63, 3.8) is 0 Å². The number of phenols is 1. The zero-order valence-electron chi connectivity index (χ0n) is 11.7. The number of phenolic OH excluding ortho intramolecular Hbond substituents is 1. The Hall–Kier alpha value is -2.30. The maximum atomic E-state index is 11.8. The van der Waals surface area contributed by atoms with Gasteiger partial charge in [0.25, 0.3) is 0 Å². The maximum absolute atomic E-state index is 11.8. The second kappa shape index (κ2) is 5.24. The number of hydrogen-bond donors (Lipinski definition) is 1. The smallest absolute Gasteiger partial charge is 0.336 e. The molecule has 1 aromatic carbocycles. The van der Waals surface area contributed by atoms with Gasteiger partial charge in [0.15, 0.2) is 0 Å². The van der Waals surface area contributed by atoms with E-state index < -0.39 is 5.63 Å². The Kier molecular flexibility index (Phi) is 3.41.